The van der Waals surface area contributed by atoms with Crippen molar-refractivity contribution in [2.24, 2.45) is 0 Å². The van der Waals surface area contributed by atoms with E-state index >= 15 is 0 Å². The van der Waals surface area contributed by atoms with Gasteiger partial charge in [0.1, 0.15) is 6.26 Å². The van der Waals surface area contributed by atoms with Crippen molar-refractivity contribution >= 4 is 0 Å². The molecule has 0 aromatic rings. The molecule has 1 aliphatic rings. The Morgan fingerprint density at radius 3 is 2.86 bits per heavy atom. The Bertz CT molecular complexity index is 82.3. The summed E-state index contributed by atoms with van der Waals surface area (Å²) >= 11 is 0. The zero-order chi connectivity index (χ0) is 4.95. The molecule has 0 saturated carbocycles. The third kappa shape index (κ3) is 1.41. The molecule has 1 heterocycles. The van der Waals surface area contributed by atoms with Gasteiger partial charge in [-0.1, -0.05) is 6.08 Å². The Labute approximate surface area is 42.0 Å². The molecule has 0 aromatic heterocycles. The van der Waals surface area contributed by atoms with Crippen LogP contribution in [-0.4, -0.2) is 0 Å². The fraction of sp³-hybridized carbons (Fsp3) is 0. The maximum Gasteiger partial charge on any atom is 0.157 e. The predicted octanol–water partition coefficient (Wildman–Crippen LogP) is 1.18. The van der Waals surface area contributed by atoms with Crippen molar-refractivity contribution in [2.45, 2.75) is 0 Å². The van der Waals surface area contributed by atoms with Gasteiger partial charge in [-0.3, -0.25) is 0 Å². The van der Waals surface area contributed by atoms with Crippen molar-refractivity contribution in [3.8, 4) is 0 Å². The van der Waals surface area contributed by atoms with E-state index in [1.165, 1.54) is 12.9 Å². The Balaban J connectivity index is 2.39. The van der Waals surface area contributed by atoms with Crippen LogP contribution in [0.2, 0.25) is 0 Å². The molecule has 1 rings (SSSR count). The summed E-state index contributed by atoms with van der Waals surface area (Å²) in [5.74, 6) is 0. The van der Waals surface area contributed by atoms with E-state index in [4.69, 9.17) is 0 Å². The van der Waals surface area contributed by atoms with Crippen LogP contribution in [0.25, 0.3) is 0 Å². The fourth-order valence-electron chi connectivity index (χ4n) is 0.283. The van der Waals surface area contributed by atoms with Gasteiger partial charge in [-0.15, -0.1) is 0 Å². The monoisotopic (exact) mass is 97.0 g/mol. The van der Waals surface area contributed by atoms with E-state index in [9.17, 15) is 0 Å². The van der Waals surface area contributed by atoms with Crippen molar-refractivity contribution in [2.75, 3.05) is 0 Å². The van der Waals surface area contributed by atoms with Crippen LogP contribution in [0.15, 0.2) is 24.5 Å². The molecule has 37 valence electrons. The maximum absolute atomic E-state index is 4.40. The lowest BCUT2D eigenvalue weighted by molar-refractivity contribution is -0.211. The Morgan fingerprint density at radius 1 is 0.857 bits per heavy atom. The molecule has 1 aliphatic heterocycles. The van der Waals surface area contributed by atoms with Gasteiger partial charge in [-0.25, -0.2) is 0 Å². The molecule has 1 radical (unpaired) electrons. The fourth-order valence-corrected chi connectivity index (χ4v) is 0.283. The van der Waals surface area contributed by atoms with Crippen LogP contribution < -0.4 is 0 Å². The van der Waals surface area contributed by atoms with Gasteiger partial charge in [0.05, 0.1) is 0 Å². The summed E-state index contributed by atoms with van der Waals surface area (Å²) in [5, 5.41) is 0. The summed E-state index contributed by atoms with van der Waals surface area (Å²) in [6.45, 7) is 1.46. The van der Waals surface area contributed by atoms with Crippen molar-refractivity contribution in [3.63, 3.8) is 0 Å². The number of rotatable bonds is 0. The van der Waals surface area contributed by atoms with Crippen molar-refractivity contribution in [3.05, 3.63) is 31.1 Å². The summed E-state index contributed by atoms with van der Waals surface area (Å²) in [6, 6.07) is 0. The largest absolute Gasteiger partial charge is 0.345 e. The first-order chi connectivity index (χ1) is 3.50. The highest BCUT2D eigenvalue weighted by Gasteiger charge is 1.81. The van der Waals surface area contributed by atoms with Crippen LogP contribution in [0.3, 0.4) is 0 Å². The topological polar surface area (TPSA) is 18.5 Å². The van der Waals surface area contributed by atoms with Gasteiger partial charge in [0, 0.05) is 0 Å². The quantitative estimate of drug-likeness (QED) is 0.422. The molecule has 0 fully saturated rings. The molecular weight excluding hydrogens is 92.1 g/mol. The van der Waals surface area contributed by atoms with Crippen molar-refractivity contribution < 1.29 is 9.78 Å². The zero-order valence-electron chi connectivity index (χ0n) is 3.70. The van der Waals surface area contributed by atoms with Gasteiger partial charge < -0.3 is 4.89 Å². The van der Waals surface area contributed by atoms with E-state index in [1.54, 1.807) is 12.2 Å². The van der Waals surface area contributed by atoms with E-state index < -0.39 is 0 Å². The minimum absolute atomic E-state index is 1.46. The minimum Gasteiger partial charge on any atom is -0.345 e. The zero-order valence-corrected chi connectivity index (χ0v) is 3.70. The Hall–Kier alpha value is -0.760. The van der Waals surface area contributed by atoms with Crippen LogP contribution >= 0.6 is 0 Å². The third-order valence-electron chi connectivity index (χ3n) is 0.546. The highest BCUT2D eigenvalue weighted by molar-refractivity contribution is 5.03. The lowest BCUT2D eigenvalue weighted by Gasteiger charge is -1.88. The summed E-state index contributed by atoms with van der Waals surface area (Å²) < 4.78 is 0. The average molecular weight is 97.1 g/mol. The standard InChI is InChI=1S/C5H5O2/c1-2-4-6-7-5-3-1/h1-5H. The summed E-state index contributed by atoms with van der Waals surface area (Å²) in [5.41, 5.74) is 0. The molecule has 0 spiro atoms. The second kappa shape index (κ2) is 2.42. The van der Waals surface area contributed by atoms with Gasteiger partial charge in [-0.05, 0) is 12.2 Å². The molecule has 0 unspecified atom stereocenters. The first kappa shape index (κ1) is 4.40. The van der Waals surface area contributed by atoms with E-state index in [2.05, 4.69) is 9.78 Å². The summed E-state index contributed by atoms with van der Waals surface area (Å²) in [4.78, 5) is 8.79. The van der Waals surface area contributed by atoms with Crippen LogP contribution in [0.5, 0.6) is 0 Å². The highest BCUT2D eigenvalue weighted by atomic mass is 17.2. The lowest BCUT2D eigenvalue weighted by Crippen LogP contribution is -1.76. The van der Waals surface area contributed by atoms with Crippen LogP contribution in [-0.2, 0) is 9.78 Å². The molecule has 0 N–H and O–H groups in total. The number of hydrogen-bond donors (Lipinski definition) is 0. The third-order valence-corrected chi connectivity index (χ3v) is 0.546. The average Bonchev–Trinajstić information content (AvgIpc) is 1.90. The molecule has 0 amide bonds. The van der Waals surface area contributed by atoms with Crippen LogP contribution in [0, 0.1) is 6.61 Å². The molecule has 0 aromatic carbocycles. The summed E-state index contributed by atoms with van der Waals surface area (Å²) in [6.07, 6.45) is 6.75. The number of hydrogen-bond acceptors (Lipinski definition) is 2. The van der Waals surface area contributed by atoms with Gasteiger partial charge in [-0.2, -0.15) is 4.89 Å². The SMILES string of the molecule is [CH]1C=CC=COO1. The molecular formula is C5H5O2. The second-order valence-corrected chi connectivity index (χ2v) is 1.04. The predicted molar refractivity (Wildman–Crippen MR) is 24.7 cm³/mol. The molecule has 7 heavy (non-hydrogen) atoms. The maximum atomic E-state index is 4.40. The number of allylic oxidation sites excluding steroid dienone is 2. The van der Waals surface area contributed by atoms with E-state index in [-0.39, 0.29) is 0 Å². The van der Waals surface area contributed by atoms with Crippen molar-refractivity contribution in [1.82, 2.24) is 0 Å². The normalized spacial score (nSPS) is 18.3. The molecule has 0 aliphatic carbocycles. The molecule has 0 bridgehead atoms. The minimum atomic E-state index is 1.46. The van der Waals surface area contributed by atoms with Gasteiger partial charge in [0.2, 0.25) is 0 Å². The first-order valence-corrected chi connectivity index (χ1v) is 1.97. The van der Waals surface area contributed by atoms with Crippen molar-refractivity contribution in [1.29, 1.82) is 0 Å². The molecule has 2 nitrogen and oxygen atoms in total. The van der Waals surface area contributed by atoms with E-state index in [0.717, 1.165) is 0 Å². The van der Waals surface area contributed by atoms with Crippen LogP contribution in [0.1, 0.15) is 0 Å². The summed E-state index contributed by atoms with van der Waals surface area (Å²) in [7, 11) is 0. The lowest BCUT2D eigenvalue weighted by atomic mass is 10.5. The smallest absolute Gasteiger partial charge is 0.157 e. The van der Waals surface area contributed by atoms with E-state index in [0.29, 0.717) is 0 Å². The van der Waals surface area contributed by atoms with Gasteiger partial charge in [0.15, 0.2) is 6.61 Å². The molecule has 0 saturated heterocycles. The van der Waals surface area contributed by atoms with Crippen LogP contribution in [0.4, 0.5) is 0 Å². The first-order valence-electron chi connectivity index (χ1n) is 1.97. The second-order valence-electron chi connectivity index (χ2n) is 1.04. The van der Waals surface area contributed by atoms with Gasteiger partial charge >= 0.3 is 0 Å². The van der Waals surface area contributed by atoms with E-state index in [1.807, 2.05) is 6.08 Å². The molecule has 2 heteroatoms. The Morgan fingerprint density at radius 2 is 1.86 bits per heavy atom. The Kier molecular flexibility index (Phi) is 1.52. The highest BCUT2D eigenvalue weighted by Crippen LogP contribution is 1.92. The van der Waals surface area contributed by atoms with Gasteiger partial charge in [0.25, 0.3) is 0 Å². The molecule has 0 atom stereocenters.